The van der Waals surface area contributed by atoms with Crippen molar-refractivity contribution in [3.8, 4) is 5.75 Å². The lowest BCUT2D eigenvalue weighted by atomic mass is 10.1. The van der Waals surface area contributed by atoms with Crippen LogP contribution >= 0.6 is 0 Å². The van der Waals surface area contributed by atoms with E-state index in [1.807, 2.05) is 25.1 Å². The molecular formula is C15H16FNO2. The van der Waals surface area contributed by atoms with Crippen LogP contribution in [0.3, 0.4) is 0 Å². The summed E-state index contributed by atoms with van der Waals surface area (Å²) in [6, 6.07) is 8.69. The first-order valence-electron chi connectivity index (χ1n) is 6.20. The summed E-state index contributed by atoms with van der Waals surface area (Å²) in [6.45, 7) is 2.12. The summed E-state index contributed by atoms with van der Waals surface area (Å²) < 4.78 is 18.6. The Kier molecular flexibility index (Phi) is 4.47. The number of para-hydroxylation sites is 1. The molecule has 0 aliphatic carbocycles. The Labute approximate surface area is 111 Å². The maximum absolute atomic E-state index is 13.0. The molecule has 0 aliphatic heterocycles. The summed E-state index contributed by atoms with van der Waals surface area (Å²) in [4.78, 5) is 3.77. The van der Waals surface area contributed by atoms with E-state index < -0.39 is 6.10 Å². The summed E-state index contributed by atoms with van der Waals surface area (Å²) in [5.74, 6) is 0.226. The molecule has 1 aromatic carbocycles. The zero-order valence-electron chi connectivity index (χ0n) is 10.7. The number of aliphatic hydroxyl groups excluding tert-OH is 1. The molecular weight excluding hydrogens is 245 g/mol. The van der Waals surface area contributed by atoms with Crippen molar-refractivity contribution in [1.82, 2.24) is 4.98 Å². The summed E-state index contributed by atoms with van der Waals surface area (Å²) in [7, 11) is 0. The Hall–Kier alpha value is -1.94. The molecule has 0 radical (unpaired) electrons. The predicted molar refractivity (Wildman–Crippen MR) is 70.2 cm³/mol. The van der Waals surface area contributed by atoms with Gasteiger partial charge < -0.3 is 9.84 Å². The van der Waals surface area contributed by atoms with Crippen LogP contribution < -0.4 is 4.74 Å². The Morgan fingerprint density at radius 1 is 1.32 bits per heavy atom. The van der Waals surface area contributed by atoms with Crippen molar-refractivity contribution in [2.45, 2.75) is 26.1 Å². The van der Waals surface area contributed by atoms with Crippen LogP contribution in [-0.2, 0) is 6.61 Å². The number of halogens is 1. The number of hydrogen-bond donors (Lipinski definition) is 1. The van der Waals surface area contributed by atoms with E-state index >= 15 is 0 Å². The van der Waals surface area contributed by atoms with Gasteiger partial charge in [-0.1, -0.05) is 25.1 Å². The zero-order valence-corrected chi connectivity index (χ0v) is 10.7. The second-order valence-electron chi connectivity index (χ2n) is 4.26. The van der Waals surface area contributed by atoms with Gasteiger partial charge in [0, 0.05) is 17.3 Å². The third-order valence-corrected chi connectivity index (χ3v) is 2.82. The van der Waals surface area contributed by atoms with Crippen LogP contribution in [0, 0.1) is 5.82 Å². The Balaban J connectivity index is 2.11. The van der Waals surface area contributed by atoms with Crippen LogP contribution in [0.4, 0.5) is 4.39 Å². The van der Waals surface area contributed by atoms with Crippen LogP contribution in [0.1, 0.15) is 30.6 Å². The molecule has 1 atom stereocenters. The zero-order chi connectivity index (χ0) is 13.7. The van der Waals surface area contributed by atoms with Gasteiger partial charge >= 0.3 is 0 Å². The van der Waals surface area contributed by atoms with Gasteiger partial charge in [0.15, 0.2) is 0 Å². The van der Waals surface area contributed by atoms with E-state index in [0.717, 1.165) is 11.8 Å². The molecule has 4 heteroatoms. The number of rotatable bonds is 5. The monoisotopic (exact) mass is 261 g/mol. The van der Waals surface area contributed by atoms with Crippen molar-refractivity contribution in [3.63, 3.8) is 0 Å². The molecule has 0 saturated heterocycles. The quantitative estimate of drug-likeness (QED) is 0.898. The van der Waals surface area contributed by atoms with E-state index in [-0.39, 0.29) is 12.4 Å². The van der Waals surface area contributed by atoms with E-state index in [1.54, 1.807) is 12.3 Å². The minimum atomic E-state index is -0.554. The summed E-state index contributed by atoms with van der Waals surface area (Å²) in [5.41, 5.74) is 1.40. The predicted octanol–water partition coefficient (Wildman–Crippen LogP) is 3.24. The molecule has 3 nitrogen and oxygen atoms in total. The van der Waals surface area contributed by atoms with Crippen LogP contribution in [0.5, 0.6) is 5.75 Å². The first kappa shape index (κ1) is 13.5. The summed E-state index contributed by atoms with van der Waals surface area (Å²) in [6.07, 6.45) is 2.77. The molecule has 0 aliphatic rings. The van der Waals surface area contributed by atoms with Crippen LogP contribution in [-0.4, -0.2) is 10.1 Å². The van der Waals surface area contributed by atoms with Crippen molar-refractivity contribution in [1.29, 1.82) is 0 Å². The van der Waals surface area contributed by atoms with Gasteiger partial charge in [-0.05, 0) is 18.6 Å². The average molecular weight is 261 g/mol. The maximum Gasteiger partial charge on any atom is 0.141 e. The average Bonchev–Trinajstić information content (AvgIpc) is 2.45. The molecule has 0 bridgehead atoms. The number of hydrogen-bond acceptors (Lipinski definition) is 3. The Bertz CT molecular complexity index is 545. The topological polar surface area (TPSA) is 42.4 Å². The SMILES string of the molecule is CC[C@@H](O)c1ccccc1OCc1cncc(F)c1. The van der Waals surface area contributed by atoms with Gasteiger partial charge in [-0.25, -0.2) is 4.39 Å². The van der Waals surface area contributed by atoms with Gasteiger partial charge in [0.2, 0.25) is 0 Å². The largest absolute Gasteiger partial charge is 0.488 e. The highest BCUT2D eigenvalue weighted by Crippen LogP contribution is 2.27. The van der Waals surface area contributed by atoms with Gasteiger partial charge in [-0.15, -0.1) is 0 Å². The molecule has 0 spiro atoms. The molecule has 0 unspecified atom stereocenters. The van der Waals surface area contributed by atoms with Gasteiger partial charge in [0.25, 0.3) is 0 Å². The molecule has 1 aromatic heterocycles. The minimum absolute atomic E-state index is 0.220. The molecule has 1 N–H and O–H groups in total. The molecule has 2 rings (SSSR count). The first-order chi connectivity index (χ1) is 9.20. The number of pyridine rings is 1. The van der Waals surface area contributed by atoms with E-state index in [9.17, 15) is 9.50 Å². The van der Waals surface area contributed by atoms with E-state index in [4.69, 9.17) is 4.74 Å². The first-order valence-corrected chi connectivity index (χ1v) is 6.20. The van der Waals surface area contributed by atoms with E-state index in [2.05, 4.69) is 4.98 Å². The number of aromatic nitrogens is 1. The van der Waals surface area contributed by atoms with Crippen LogP contribution in [0.2, 0.25) is 0 Å². The highest BCUT2D eigenvalue weighted by atomic mass is 19.1. The lowest BCUT2D eigenvalue weighted by Crippen LogP contribution is -2.02. The Morgan fingerprint density at radius 3 is 2.84 bits per heavy atom. The van der Waals surface area contributed by atoms with Crippen molar-refractivity contribution in [2.75, 3.05) is 0 Å². The Morgan fingerprint density at radius 2 is 2.11 bits per heavy atom. The van der Waals surface area contributed by atoms with Gasteiger partial charge in [-0.3, -0.25) is 4.98 Å². The van der Waals surface area contributed by atoms with Crippen molar-refractivity contribution < 1.29 is 14.2 Å². The molecule has 0 amide bonds. The molecule has 0 saturated carbocycles. The van der Waals surface area contributed by atoms with Crippen LogP contribution in [0.15, 0.2) is 42.7 Å². The van der Waals surface area contributed by atoms with Crippen molar-refractivity contribution >= 4 is 0 Å². The lowest BCUT2D eigenvalue weighted by molar-refractivity contribution is 0.166. The highest BCUT2D eigenvalue weighted by molar-refractivity contribution is 5.35. The second kappa shape index (κ2) is 6.29. The molecule has 0 fully saturated rings. The molecule has 100 valence electrons. The van der Waals surface area contributed by atoms with Crippen molar-refractivity contribution in [2.24, 2.45) is 0 Å². The molecule has 1 heterocycles. The fourth-order valence-corrected chi connectivity index (χ4v) is 1.80. The van der Waals surface area contributed by atoms with Gasteiger partial charge in [0.05, 0.1) is 12.3 Å². The summed E-state index contributed by atoms with van der Waals surface area (Å²) >= 11 is 0. The number of ether oxygens (including phenoxy) is 1. The van der Waals surface area contributed by atoms with Crippen LogP contribution in [0.25, 0.3) is 0 Å². The number of nitrogens with zero attached hydrogens (tertiary/aromatic N) is 1. The van der Waals surface area contributed by atoms with Gasteiger partial charge in [0.1, 0.15) is 18.2 Å². The fourth-order valence-electron chi connectivity index (χ4n) is 1.80. The fraction of sp³-hybridized carbons (Fsp3) is 0.267. The van der Waals surface area contributed by atoms with Crippen molar-refractivity contribution in [3.05, 3.63) is 59.7 Å². The lowest BCUT2D eigenvalue weighted by Gasteiger charge is -2.14. The smallest absolute Gasteiger partial charge is 0.141 e. The third kappa shape index (κ3) is 3.51. The molecule has 2 aromatic rings. The maximum atomic E-state index is 13.0. The minimum Gasteiger partial charge on any atom is -0.488 e. The second-order valence-corrected chi connectivity index (χ2v) is 4.26. The third-order valence-electron chi connectivity index (χ3n) is 2.82. The standard InChI is InChI=1S/C15H16FNO2/c1-2-14(18)13-5-3-4-6-15(13)19-10-11-7-12(16)9-17-8-11/h3-9,14,18H,2,10H2,1H3/t14-/m1/s1. The van der Waals surface area contributed by atoms with Gasteiger partial charge in [-0.2, -0.15) is 0 Å². The van der Waals surface area contributed by atoms with E-state index in [0.29, 0.717) is 17.7 Å². The normalized spacial score (nSPS) is 12.2. The highest BCUT2D eigenvalue weighted by Gasteiger charge is 2.11. The number of benzene rings is 1. The van der Waals surface area contributed by atoms with E-state index in [1.165, 1.54) is 6.07 Å². The molecule has 19 heavy (non-hydrogen) atoms. The summed E-state index contributed by atoms with van der Waals surface area (Å²) in [5, 5.41) is 9.90. The number of aliphatic hydroxyl groups is 1.